The van der Waals surface area contributed by atoms with Crippen LogP contribution in [0.5, 0.6) is 5.75 Å². The Bertz CT molecular complexity index is 1250. The van der Waals surface area contributed by atoms with Crippen LogP contribution in [-0.4, -0.2) is 46.2 Å². The number of fused-ring (bicyclic) bond motifs is 1. The number of anilines is 3. The summed E-state index contributed by atoms with van der Waals surface area (Å²) in [6.07, 6.45) is 5.34. The first-order valence-electron chi connectivity index (χ1n) is 10.2. The third kappa shape index (κ3) is 4.14. The lowest BCUT2D eigenvalue weighted by molar-refractivity contribution is 0.476. The minimum Gasteiger partial charge on any atom is -0.505 e. The van der Waals surface area contributed by atoms with Gasteiger partial charge in [-0.15, -0.1) is 0 Å². The molecule has 2 aromatic carbocycles. The number of phenolic OH excluding ortho intramolecular Hbond substituents is 1. The molecule has 1 aliphatic heterocycles. The summed E-state index contributed by atoms with van der Waals surface area (Å²) >= 11 is 12.2. The van der Waals surface area contributed by atoms with Gasteiger partial charge in [0.2, 0.25) is 5.95 Å². The number of aromatic hydroxyl groups is 1. The molecule has 0 radical (unpaired) electrons. The van der Waals surface area contributed by atoms with Crippen LogP contribution >= 0.6 is 23.2 Å². The van der Waals surface area contributed by atoms with Gasteiger partial charge in [0.05, 0.1) is 33.6 Å². The zero-order valence-corrected chi connectivity index (χ0v) is 18.5. The zero-order chi connectivity index (χ0) is 22.1. The number of aromatic nitrogens is 3. The Morgan fingerprint density at radius 1 is 0.906 bits per heavy atom. The Hall–Kier alpha value is -3.13. The van der Waals surface area contributed by atoms with E-state index in [0.29, 0.717) is 0 Å². The van der Waals surface area contributed by atoms with E-state index in [2.05, 4.69) is 30.5 Å². The molecular weight excluding hydrogens is 447 g/mol. The summed E-state index contributed by atoms with van der Waals surface area (Å²) in [6.45, 7) is 3.67. The molecule has 1 saturated heterocycles. The van der Waals surface area contributed by atoms with E-state index in [1.165, 1.54) is 0 Å². The number of hydrogen-bond donors (Lipinski definition) is 3. The van der Waals surface area contributed by atoms with E-state index in [0.717, 1.165) is 65.5 Å². The lowest BCUT2D eigenvalue weighted by Gasteiger charge is -2.27. The van der Waals surface area contributed by atoms with Crippen LogP contribution in [0.25, 0.3) is 22.0 Å². The second-order valence-corrected chi connectivity index (χ2v) is 8.33. The Morgan fingerprint density at radius 3 is 2.34 bits per heavy atom. The van der Waals surface area contributed by atoms with Gasteiger partial charge < -0.3 is 20.6 Å². The van der Waals surface area contributed by atoms with Crippen molar-refractivity contribution in [3.63, 3.8) is 0 Å². The van der Waals surface area contributed by atoms with Crippen LogP contribution in [0.2, 0.25) is 10.0 Å². The highest BCUT2D eigenvalue weighted by Gasteiger charge is 2.13. The average molecular weight is 467 g/mol. The molecule has 32 heavy (non-hydrogen) atoms. The van der Waals surface area contributed by atoms with Gasteiger partial charge in [0.15, 0.2) is 5.75 Å². The van der Waals surface area contributed by atoms with Crippen LogP contribution in [0, 0.1) is 0 Å². The van der Waals surface area contributed by atoms with Crippen molar-refractivity contribution in [3.8, 4) is 16.9 Å². The monoisotopic (exact) mass is 466 g/mol. The van der Waals surface area contributed by atoms with Gasteiger partial charge >= 0.3 is 0 Å². The van der Waals surface area contributed by atoms with Crippen molar-refractivity contribution in [3.05, 3.63) is 65.0 Å². The molecule has 4 aromatic rings. The summed E-state index contributed by atoms with van der Waals surface area (Å²) in [6, 6.07) is 11.2. The number of halogens is 2. The van der Waals surface area contributed by atoms with Crippen LogP contribution in [-0.2, 0) is 0 Å². The average Bonchev–Trinajstić information content (AvgIpc) is 2.83. The fourth-order valence-electron chi connectivity index (χ4n) is 3.74. The lowest BCUT2D eigenvalue weighted by atomic mass is 10.0. The van der Waals surface area contributed by atoms with Gasteiger partial charge in [0.25, 0.3) is 0 Å². The Kier molecular flexibility index (Phi) is 5.70. The van der Waals surface area contributed by atoms with E-state index in [1.54, 1.807) is 30.7 Å². The quantitative estimate of drug-likeness (QED) is 0.395. The van der Waals surface area contributed by atoms with Gasteiger partial charge in [0, 0.05) is 43.4 Å². The van der Waals surface area contributed by atoms with Gasteiger partial charge in [-0.05, 0) is 41.5 Å². The minimum absolute atomic E-state index is 0.119. The Morgan fingerprint density at radius 2 is 1.62 bits per heavy atom. The SMILES string of the molecule is Oc1c(Cl)cc(-c2ccc3nccc(Nc4cnc(N5CCNCC5)nc4)c3c2)cc1Cl. The number of hydrogen-bond acceptors (Lipinski definition) is 7. The molecule has 162 valence electrons. The first-order chi connectivity index (χ1) is 15.6. The first kappa shape index (κ1) is 20.8. The summed E-state index contributed by atoms with van der Waals surface area (Å²) in [4.78, 5) is 15.7. The summed E-state index contributed by atoms with van der Waals surface area (Å²) in [7, 11) is 0. The van der Waals surface area contributed by atoms with E-state index < -0.39 is 0 Å². The third-order valence-corrected chi connectivity index (χ3v) is 5.99. The number of nitrogens with one attached hydrogen (secondary N) is 2. The molecular formula is C23H20Cl2N6O. The summed E-state index contributed by atoms with van der Waals surface area (Å²) < 4.78 is 0. The van der Waals surface area contributed by atoms with Gasteiger partial charge in [-0.3, -0.25) is 4.98 Å². The molecule has 7 nitrogen and oxygen atoms in total. The van der Waals surface area contributed by atoms with Crippen LogP contribution in [0.15, 0.2) is 55.0 Å². The maximum absolute atomic E-state index is 9.86. The van der Waals surface area contributed by atoms with Crippen molar-refractivity contribution in [2.75, 3.05) is 36.4 Å². The topological polar surface area (TPSA) is 86.2 Å². The van der Waals surface area contributed by atoms with Gasteiger partial charge in [-0.25, -0.2) is 9.97 Å². The molecule has 0 spiro atoms. The lowest BCUT2D eigenvalue weighted by Crippen LogP contribution is -2.44. The van der Waals surface area contributed by atoms with Crippen LogP contribution in [0.1, 0.15) is 0 Å². The summed E-state index contributed by atoms with van der Waals surface area (Å²) in [5.41, 5.74) is 4.22. The summed E-state index contributed by atoms with van der Waals surface area (Å²) in [5.74, 6) is 0.617. The van der Waals surface area contributed by atoms with E-state index >= 15 is 0 Å². The first-order valence-corrected chi connectivity index (χ1v) is 11.0. The predicted octanol–water partition coefficient (Wildman–Crippen LogP) is 4.86. The molecule has 0 bridgehead atoms. The van der Waals surface area contributed by atoms with Crippen molar-refractivity contribution in [1.82, 2.24) is 20.3 Å². The van der Waals surface area contributed by atoms with Crippen LogP contribution in [0.4, 0.5) is 17.3 Å². The Labute approximate surface area is 195 Å². The number of rotatable bonds is 4. The Balaban J connectivity index is 1.46. The van der Waals surface area contributed by atoms with Crippen molar-refractivity contribution in [1.29, 1.82) is 0 Å². The predicted molar refractivity (Wildman–Crippen MR) is 129 cm³/mol. The fourth-order valence-corrected chi connectivity index (χ4v) is 4.22. The molecule has 1 fully saturated rings. The van der Waals surface area contributed by atoms with E-state index in [4.69, 9.17) is 23.2 Å². The molecule has 0 aliphatic carbocycles. The highest BCUT2D eigenvalue weighted by atomic mass is 35.5. The molecule has 0 amide bonds. The maximum Gasteiger partial charge on any atom is 0.225 e. The van der Waals surface area contributed by atoms with Crippen molar-refractivity contribution in [2.24, 2.45) is 0 Å². The minimum atomic E-state index is -0.119. The number of nitrogens with zero attached hydrogens (tertiary/aromatic N) is 4. The van der Waals surface area contributed by atoms with E-state index in [1.807, 2.05) is 24.3 Å². The molecule has 5 rings (SSSR count). The zero-order valence-electron chi connectivity index (χ0n) is 17.0. The largest absolute Gasteiger partial charge is 0.505 e. The normalized spacial score (nSPS) is 14.0. The number of pyridine rings is 1. The number of piperazine rings is 1. The third-order valence-electron chi connectivity index (χ3n) is 5.41. The van der Waals surface area contributed by atoms with Gasteiger partial charge in [0.1, 0.15) is 0 Å². The van der Waals surface area contributed by atoms with Crippen LogP contribution < -0.4 is 15.5 Å². The second-order valence-electron chi connectivity index (χ2n) is 7.51. The van der Waals surface area contributed by atoms with Gasteiger partial charge in [-0.1, -0.05) is 29.3 Å². The highest BCUT2D eigenvalue weighted by molar-refractivity contribution is 6.37. The van der Waals surface area contributed by atoms with Crippen LogP contribution in [0.3, 0.4) is 0 Å². The second kappa shape index (κ2) is 8.78. The van der Waals surface area contributed by atoms with E-state index in [-0.39, 0.29) is 15.8 Å². The number of phenols is 1. The standard InChI is InChI=1S/C23H20Cl2N6O/c24-18-10-15(11-19(25)22(18)32)14-1-2-20-17(9-14)21(3-4-27-20)30-16-12-28-23(29-13-16)31-7-5-26-6-8-31/h1-4,9-13,26,32H,5-8H2,(H,27,30). The van der Waals surface area contributed by atoms with E-state index in [9.17, 15) is 5.11 Å². The summed E-state index contributed by atoms with van der Waals surface area (Å²) in [5, 5.41) is 17.9. The molecule has 3 N–H and O–H groups in total. The molecule has 1 aliphatic rings. The van der Waals surface area contributed by atoms with Gasteiger partial charge in [-0.2, -0.15) is 0 Å². The maximum atomic E-state index is 9.86. The van der Waals surface area contributed by atoms with Crippen molar-refractivity contribution < 1.29 is 5.11 Å². The number of benzene rings is 2. The molecule has 0 unspecified atom stereocenters. The molecule has 0 atom stereocenters. The molecule has 2 aromatic heterocycles. The molecule has 3 heterocycles. The highest BCUT2D eigenvalue weighted by Crippen LogP contribution is 2.37. The van der Waals surface area contributed by atoms with Crippen molar-refractivity contribution >= 4 is 51.4 Å². The fraction of sp³-hybridized carbons (Fsp3) is 0.174. The molecule has 9 heteroatoms. The smallest absolute Gasteiger partial charge is 0.225 e. The molecule has 0 saturated carbocycles. The van der Waals surface area contributed by atoms with Crippen molar-refractivity contribution in [2.45, 2.75) is 0 Å².